The second kappa shape index (κ2) is 29.1. The predicted molar refractivity (Wildman–Crippen MR) is 296 cm³/mol. The zero-order chi connectivity index (χ0) is 62.4. The molecule has 4 aliphatic heterocycles. The van der Waals surface area contributed by atoms with Crippen LogP contribution in [0.3, 0.4) is 0 Å². The minimum atomic E-state index is -2.04. The number of nitrogens with zero attached hydrogens (tertiary/aromatic N) is 1. The maximum absolute atomic E-state index is 15.8. The summed E-state index contributed by atoms with van der Waals surface area (Å²) in [4.78, 5) is 98.5. The maximum atomic E-state index is 15.8. The van der Waals surface area contributed by atoms with Crippen LogP contribution in [0.4, 0.5) is 4.79 Å². The Labute approximate surface area is 494 Å². The Morgan fingerprint density at radius 1 is 0.675 bits per heavy atom. The van der Waals surface area contributed by atoms with Gasteiger partial charge in [0.15, 0.2) is 42.1 Å². The first kappa shape index (κ1) is 69.7. The first-order chi connectivity index (χ1) is 38.6. The van der Waals surface area contributed by atoms with Crippen molar-refractivity contribution in [2.75, 3.05) is 27.9 Å². The Hall–Kier alpha value is -4.07. The van der Waals surface area contributed by atoms with E-state index >= 15 is 4.79 Å². The predicted octanol–water partition coefficient (Wildman–Crippen LogP) is 7.62. The van der Waals surface area contributed by atoms with E-state index in [-0.39, 0.29) is 44.0 Å². The van der Waals surface area contributed by atoms with Gasteiger partial charge in [-0.15, -0.1) is 0 Å². The molecule has 1 saturated carbocycles. The van der Waals surface area contributed by atoms with Crippen molar-refractivity contribution in [2.45, 2.75) is 252 Å². The van der Waals surface area contributed by atoms with Gasteiger partial charge in [0.25, 0.3) is 0 Å². The largest absolute Gasteiger partial charge is 0.510 e. The molecular weight excluding hydrogens is 1110 g/mol. The Balaban J connectivity index is 1.73. The molecule has 5 fully saturated rings. The molecule has 474 valence electrons. The highest BCUT2D eigenvalue weighted by Crippen LogP contribution is 2.53. The van der Waals surface area contributed by atoms with E-state index in [1.54, 1.807) is 48.6 Å². The molecule has 83 heavy (non-hydrogen) atoms. The number of hydrogen-bond donors (Lipinski definition) is 0. The SMILES string of the molecule is CN=C1C[C@@H](C)O[C@@H](O[C@@H]2[C@@H](C)[C@H](O[C@H]3C[C@@](C)(OC(C)=O)[C@@H](OC(C)=O)[C@H](C)O3)[C@@H](C)C(=O)C[C@H]([C@@H](C)CO[C@@H]3O[C@H](C)[C@@H](OC(C)=O)[C@@H](OC)[C@H]3OC)[C@H](C)[C@@H](OC(=O)CC(C)C)[C@@H](C)[C@@]3(Cl)OC(=O)O[C@@]3(C)C[C@@H]2C)[C@@H]1OC(C)=O. The van der Waals surface area contributed by atoms with Crippen molar-refractivity contribution in [3.63, 3.8) is 0 Å². The van der Waals surface area contributed by atoms with Gasteiger partial charge in [-0.3, -0.25) is 33.8 Å². The molecule has 0 radical (unpaired) electrons. The highest BCUT2D eigenvalue weighted by atomic mass is 35.5. The molecule has 0 aromatic rings. The first-order valence-corrected chi connectivity index (χ1v) is 29.5. The van der Waals surface area contributed by atoms with Crippen molar-refractivity contribution in [2.24, 2.45) is 52.3 Å². The number of halogens is 1. The summed E-state index contributed by atoms with van der Waals surface area (Å²) in [6, 6.07) is 0. The molecule has 1 aliphatic carbocycles. The Bertz CT molecular complexity index is 2300. The van der Waals surface area contributed by atoms with E-state index in [0.29, 0.717) is 12.1 Å². The van der Waals surface area contributed by atoms with Crippen molar-refractivity contribution in [3.8, 4) is 0 Å². The average molecular weight is 1200 g/mol. The van der Waals surface area contributed by atoms with Crippen LogP contribution in [-0.2, 0) is 99.8 Å². The lowest BCUT2D eigenvalue weighted by atomic mass is 9.68. The van der Waals surface area contributed by atoms with Crippen LogP contribution >= 0.6 is 11.6 Å². The standard InChI is InChI=1S/C59H94ClNO22/c1-27(2)21-44(67)78-48-31(6)41(29(4)26-71-54-52(70-20)51(69-19)49(35(10)74-54)75-37(12)62)23-43(66)32(7)47(79-45-25-57(16,81-40(15)65)53(36(11)73-45)77-39(14)64)33(8)46(28(3)24-58(17)59(60,34(48)9)83-56(68)82-58)80-55-50(76-38(13)63)42(61-18)22-30(5)72-55/h27-36,41,45-55H,21-26H2,1-20H3/t28-,29-,30+,31-,32-,33+,34+,35+,36-,41+,45-,46-,47+,48+,49+,50+,51+,52+,53-,54+,55-,57+,58-,59+/m0/s1. The van der Waals surface area contributed by atoms with E-state index < -0.39 is 180 Å². The highest BCUT2D eigenvalue weighted by molar-refractivity contribution is 6.25. The number of alkyl halides is 1. The molecular formula is C59H94ClNO22. The van der Waals surface area contributed by atoms with Crippen molar-refractivity contribution >= 4 is 59.1 Å². The third-order valence-electron chi connectivity index (χ3n) is 17.2. The Kier molecular flexibility index (Phi) is 24.4. The molecule has 24 heteroatoms. The van der Waals surface area contributed by atoms with Gasteiger partial charge in [0.05, 0.1) is 48.8 Å². The summed E-state index contributed by atoms with van der Waals surface area (Å²) in [5, 5.41) is -2.04. The Morgan fingerprint density at radius 3 is 1.87 bits per heavy atom. The van der Waals surface area contributed by atoms with Gasteiger partial charge in [0.2, 0.25) is 11.4 Å². The van der Waals surface area contributed by atoms with Crippen LogP contribution in [0.15, 0.2) is 4.99 Å². The summed E-state index contributed by atoms with van der Waals surface area (Å²) in [6.07, 6.45) is -14.7. The van der Waals surface area contributed by atoms with Crippen molar-refractivity contribution in [3.05, 3.63) is 0 Å². The van der Waals surface area contributed by atoms with Crippen molar-refractivity contribution in [1.29, 1.82) is 0 Å². The normalized spacial score (nSPS) is 41.8. The van der Waals surface area contributed by atoms with E-state index in [1.807, 2.05) is 48.5 Å². The molecule has 23 nitrogen and oxygen atoms in total. The number of esters is 5. The van der Waals surface area contributed by atoms with Crippen LogP contribution in [0.1, 0.15) is 150 Å². The van der Waals surface area contributed by atoms with Gasteiger partial charge in [-0.1, -0.05) is 67.0 Å². The molecule has 5 aliphatic rings. The monoisotopic (exact) mass is 1200 g/mol. The van der Waals surface area contributed by atoms with E-state index in [1.165, 1.54) is 41.9 Å². The van der Waals surface area contributed by atoms with E-state index in [0.717, 1.165) is 0 Å². The molecule has 0 aromatic carbocycles. The number of methoxy groups -OCH3 is 2. The topological polar surface area (TPSA) is 270 Å². The summed E-state index contributed by atoms with van der Waals surface area (Å²) in [6.45, 7) is 28.0. The minimum Gasteiger partial charge on any atom is -0.462 e. The van der Waals surface area contributed by atoms with Crippen LogP contribution in [0.2, 0.25) is 0 Å². The van der Waals surface area contributed by atoms with Gasteiger partial charge in [-0.05, 0) is 70.6 Å². The lowest BCUT2D eigenvalue weighted by Gasteiger charge is -2.49. The first-order valence-electron chi connectivity index (χ1n) is 29.1. The summed E-state index contributed by atoms with van der Waals surface area (Å²) >= 11 is 7.82. The average Bonchev–Trinajstić information content (AvgIpc) is 1.90. The van der Waals surface area contributed by atoms with Gasteiger partial charge in [-0.25, -0.2) is 4.79 Å². The van der Waals surface area contributed by atoms with Gasteiger partial charge >= 0.3 is 36.0 Å². The number of carbonyl (C=O) groups excluding carboxylic acids is 7. The van der Waals surface area contributed by atoms with Crippen molar-refractivity contribution < 1.29 is 105 Å². The van der Waals surface area contributed by atoms with E-state index in [9.17, 15) is 28.8 Å². The minimum absolute atomic E-state index is 0.0241. The highest BCUT2D eigenvalue weighted by Gasteiger charge is 2.66. The Morgan fingerprint density at radius 2 is 1.30 bits per heavy atom. The van der Waals surface area contributed by atoms with Crippen molar-refractivity contribution in [1.82, 2.24) is 0 Å². The van der Waals surface area contributed by atoms with E-state index in [4.69, 9.17) is 82.7 Å². The number of aliphatic imine (C=N–C) groups is 1. The van der Waals surface area contributed by atoms with Gasteiger partial charge in [0.1, 0.15) is 24.1 Å². The van der Waals surface area contributed by atoms with Gasteiger partial charge < -0.3 is 71.1 Å². The molecule has 0 unspecified atom stereocenters. The van der Waals surface area contributed by atoms with Crippen LogP contribution in [0.25, 0.3) is 0 Å². The maximum Gasteiger partial charge on any atom is 0.510 e. The number of ketones is 1. The molecule has 4 saturated heterocycles. The van der Waals surface area contributed by atoms with Gasteiger partial charge in [-0.2, -0.15) is 0 Å². The molecule has 4 heterocycles. The van der Waals surface area contributed by atoms with Gasteiger partial charge in [0, 0.05) is 86.5 Å². The fourth-order valence-electron chi connectivity index (χ4n) is 13.2. The molecule has 24 atom stereocenters. The van der Waals surface area contributed by atoms with Crippen LogP contribution in [-0.4, -0.2) is 178 Å². The number of ether oxygens (including phenoxy) is 15. The zero-order valence-electron chi connectivity index (χ0n) is 52.3. The fourth-order valence-corrected chi connectivity index (χ4v) is 13.5. The number of fused-ring (bicyclic) bond motifs is 1. The molecule has 0 spiro atoms. The number of carbonyl (C=O) groups is 7. The number of Topliss-reactive ketones (excluding diaryl/α,β-unsaturated/α-hetero) is 1. The van der Waals surface area contributed by atoms with Crippen LogP contribution < -0.4 is 0 Å². The number of hydrogen-bond acceptors (Lipinski definition) is 23. The molecule has 5 rings (SSSR count). The molecule has 0 amide bonds. The molecule has 0 bridgehead atoms. The summed E-state index contributed by atoms with van der Waals surface area (Å²) in [5.41, 5.74) is -2.68. The van der Waals surface area contributed by atoms with Crippen LogP contribution in [0, 0.1) is 47.3 Å². The second-order valence-electron chi connectivity index (χ2n) is 24.6. The summed E-state index contributed by atoms with van der Waals surface area (Å²) in [5.74, 6) is -9.04. The molecule has 0 aromatic heterocycles. The quantitative estimate of drug-likeness (QED) is 0.0769. The number of rotatable bonds is 17. The third kappa shape index (κ3) is 16.5. The summed E-state index contributed by atoms with van der Waals surface area (Å²) in [7, 11) is 4.50. The second-order valence-corrected chi connectivity index (χ2v) is 25.1. The lowest BCUT2D eigenvalue weighted by molar-refractivity contribution is -0.306. The fraction of sp³-hybridized carbons (Fsp3) is 0.864. The zero-order valence-corrected chi connectivity index (χ0v) is 53.0. The smallest absolute Gasteiger partial charge is 0.462 e. The van der Waals surface area contributed by atoms with E-state index in [2.05, 4.69) is 4.99 Å². The molecule has 0 N–H and O–H groups in total. The third-order valence-corrected chi connectivity index (χ3v) is 18.0. The lowest BCUT2D eigenvalue weighted by Crippen LogP contribution is -2.60. The summed E-state index contributed by atoms with van der Waals surface area (Å²) < 4.78 is 93.7. The van der Waals surface area contributed by atoms with Crippen LogP contribution in [0.5, 0.6) is 0 Å².